The summed E-state index contributed by atoms with van der Waals surface area (Å²) in [6.07, 6.45) is 0. The van der Waals surface area contributed by atoms with Crippen LogP contribution in [0, 0.1) is 22.9 Å². The monoisotopic (exact) mass is 275 g/mol. The van der Waals surface area contributed by atoms with Crippen molar-refractivity contribution in [1.82, 2.24) is 4.90 Å². The molecule has 0 radical (unpaired) electrons. The van der Waals surface area contributed by atoms with E-state index < -0.39 is 28.8 Å². The average Bonchev–Trinajstić information content (AvgIpc) is 2.34. The van der Waals surface area contributed by atoms with Crippen LogP contribution in [0.3, 0.4) is 0 Å². The van der Waals surface area contributed by atoms with Crippen molar-refractivity contribution in [1.29, 1.82) is 0 Å². The highest BCUT2D eigenvalue weighted by Gasteiger charge is 2.30. The van der Waals surface area contributed by atoms with Gasteiger partial charge < -0.3 is 10.0 Å². The minimum Gasteiger partial charge on any atom is -0.395 e. The Morgan fingerprint density at radius 1 is 1.32 bits per heavy atom. The summed E-state index contributed by atoms with van der Waals surface area (Å²) < 4.78 is 39.5. The van der Waals surface area contributed by atoms with Gasteiger partial charge in [-0.05, 0) is 19.9 Å². The summed E-state index contributed by atoms with van der Waals surface area (Å²) in [6.45, 7) is 2.39. The maximum Gasteiger partial charge on any atom is 0.230 e. The molecule has 1 N–H and O–H groups in total. The number of aliphatic hydroxyl groups excluding tert-OH is 1. The number of halogens is 3. The Morgan fingerprint density at radius 2 is 1.89 bits per heavy atom. The first-order valence-electron chi connectivity index (χ1n) is 5.69. The molecule has 0 bridgehead atoms. The summed E-state index contributed by atoms with van der Waals surface area (Å²) in [4.78, 5) is 13.1. The molecule has 1 aromatic carbocycles. The summed E-state index contributed by atoms with van der Waals surface area (Å²) in [5.74, 6) is -3.82. The van der Waals surface area contributed by atoms with Gasteiger partial charge in [0, 0.05) is 25.2 Å². The zero-order valence-electron chi connectivity index (χ0n) is 11.0. The van der Waals surface area contributed by atoms with Gasteiger partial charge >= 0.3 is 0 Å². The Morgan fingerprint density at radius 3 is 2.42 bits per heavy atom. The summed E-state index contributed by atoms with van der Waals surface area (Å²) in [5.41, 5.74) is -1.28. The van der Waals surface area contributed by atoms with Gasteiger partial charge in [-0.15, -0.1) is 0 Å². The normalized spacial score (nSPS) is 11.5. The smallest absolute Gasteiger partial charge is 0.230 e. The fraction of sp³-hybridized carbons (Fsp3) is 0.462. The van der Waals surface area contributed by atoms with Crippen LogP contribution in [0.1, 0.15) is 19.4 Å². The molecule has 0 spiro atoms. The number of amides is 1. The molecule has 0 aliphatic heterocycles. The Labute approximate surface area is 109 Å². The molecule has 1 rings (SSSR count). The van der Waals surface area contributed by atoms with Crippen LogP contribution in [0.15, 0.2) is 12.1 Å². The zero-order chi connectivity index (χ0) is 14.8. The molecule has 0 aliphatic rings. The van der Waals surface area contributed by atoms with E-state index in [-0.39, 0.29) is 18.7 Å². The average molecular weight is 275 g/mol. The van der Waals surface area contributed by atoms with Gasteiger partial charge in [-0.25, -0.2) is 13.2 Å². The molecular formula is C13H16F3NO2. The summed E-state index contributed by atoms with van der Waals surface area (Å²) in [7, 11) is 1.38. The number of benzene rings is 1. The van der Waals surface area contributed by atoms with Crippen molar-refractivity contribution in [2.75, 3.05) is 13.7 Å². The lowest BCUT2D eigenvalue weighted by Gasteiger charge is -2.27. The quantitative estimate of drug-likeness (QED) is 0.855. The third-order valence-corrected chi connectivity index (χ3v) is 2.80. The molecule has 0 atom stereocenters. The first kappa shape index (κ1) is 15.5. The van der Waals surface area contributed by atoms with Gasteiger partial charge in [0.05, 0.1) is 12.0 Å². The van der Waals surface area contributed by atoms with Crippen LogP contribution in [-0.4, -0.2) is 29.6 Å². The fourth-order valence-corrected chi connectivity index (χ4v) is 1.64. The van der Waals surface area contributed by atoms with E-state index in [1.807, 2.05) is 0 Å². The van der Waals surface area contributed by atoms with E-state index in [1.165, 1.54) is 20.9 Å². The van der Waals surface area contributed by atoms with Crippen LogP contribution in [0.5, 0.6) is 0 Å². The van der Waals surface area contributed by atoms with Crippen molar-refractivity contribution in [3.63, 3.8) is 0 Å². The lowest BCUT2D eigenvalue weighted by molar-refractivity contribution is -0.141. The lowest BCUT2D eigenvalue weighted by Crippen LogP contribution is -2.40. The van der Waals surface area contributed by atoms with Gasteiger partial charge in [-0.3, -0.25) is 4.79 Å². The van der Waals surface area contributed by atoms with Gasteiger partial charge in [-0.2, -0.15) is 0 Å². The third-order valence-electron chi connectivity index (χ3n) is 2.80. The van der Waals surface area contributed by atoms with Gasteiger partial charge in [0.25, 0.3) is 0 Å². The molecule has 1 aromatic rings. The number of hydrogen-bond donors (Lipinski definition) is 1. The van der Waals surface area contributed by atoms with E-state index in [4.69, 9.17) is 5.11 Å². The second-order valence-electron chi connectivity index (χ2n) is 5.06. The highest BCUT2D eigenvalue weighted by molar-refractivity contribution is 5.81. The Balaban J connectivity index is 2.95. The number of nitrogens with zero attached hydrogens (tertiary/aromatic N) is 1. The maximum absolute atomic E-state index is 13.5. The summed E-state index contributed by atoms with van der Waals surface area (Å²) >= 11 is 0. The molecule has 3 nitrogen and oxygen atoms in total. The van der Waals surface area contributed by atoms with Crippen molar-refractivity contribution >= 4 is 5.91 Å². The SMILES string of the molecule is CN(Cc1cc(F)cc(F)c1F)C(=O)C(C)(C)CO. The molecule has 0 aliphatic carbocycles. The number of carbonyl (C=O) groups excluding carboxylic acids is 1. The predicted octanol–water partition coefficient (Wildman–Crippen LogP) is 2.08. The number of carbonyl (C=O) groups is 1. The molecule has 0 fully saturated rings. The molecule has 0 heterocycles. The zero-order valence-corrected chi connectivity index (χ0v) is 11.0. The van der Waals surface area contributed by atoms with Crippen LogP contribution in [0.4, 0.5) is 13.2 Å². The number of rotatable bonds is 4. The largest absolute Gasteiger partial charge is 0.395 e. The highest BCUT2D eigenvalue weighted by atomic mass is 19.2. The van der Waals surface area contributed by atoms with E-state index in [0.29, 0.717) is 6.07 Å². The van der Waals surface area contributed by atoms with E-state index >= 15 is 0 Å². The van der Waals surface area contributed by atoms with E-state index in [2.05, 4.69) is 0 Å². The Hall–Kier alpha value is -1.56. The molecular weight excluding hydrogens is 259 g/mol. The second-order valence-corrected chi connectivity index (χ2v) is 5.06. The summed E-state index contributed by atoms with van der Waals surface area (Å²) in [6, 6.07) is 1.28. The first-order chi connectivity index (χ1) is 8.69. The Bertz CT molecular complexity index is 489. The van der Waals surface area contributed by atoms with E-state index in [1.54, 1.807) is 0 Å². The predicted molar refractivity (Wildman–Crippen MR) is 63.7 cm³/mol. The van der Waals surface area contributed by atoms with Crippen LogP contribution in [0.25, 0.3) is 0 Å². The molecule has 0 saturated carbocycles. The van der Waals surface area contributed by atoms with Crippen molar-refractivity contribution in [3.8, 4) is 0 Å². The van der Waals surface area contributed by atoms with Crippen molar-refractivity contribution in [2.45, 2.75) is 20.4 Å². The van der Waals surface area contributed by atoms with Crippen LogP contribution >= 0.6 is 0 Å². The standard InChI is InChI=1S/C13H16F3NO2/c1-13(2,7-18)12(19)17(3)6-8-4-9(14)5-10(15)11(8)16/h4-5,18H,6-7H2,1-3H3. The summed E-state index contributed by atoms with van der Waals surface area (Å²) in [5, 5.41) is 9.08. The van der Waals surface area contributed by atoms with Crippen LogP contribution < -0.4 is 0 Å². The molecule has 0 unspecified atom stereocenters. The highest BCUT2D eigenvalue weighted by Crippen LogP contribution is 2.20. The lowest BCUT2D eigenvalue weighted by atomic mass is 9.93. The van der Waals surface area contributed by atoms with Crippen LogP contribution in [0.2, 0.25) is 0 Å². The van der Waals surface area contributed by atoms with Crippen molar-refractivity contribution in [2.24, 2.45) is 5.41 Å². The first-order valence-corrected chi connectivity index (χ1v) is 5.69. The molecule has 19 heavy (non-hydrogen) atoms. The fourth-order valence-electron chi connectivity index (χ4n) is 1.64. The minimum absolute atomic E-state index is 0.248. The molecule has 0 aromatic heterocycles. The molecule has 0 saturated heterocycles. The van der Waals surface area contributed by atoms with Gasteiger partial charge in [0.15, 0.2) is 11.6 Å². The van der Waals surface area contributed by atoms with E-state index in [0.717, 1.165) is 11.0 Å². The second kappa shape index (κ2) is 5.61. The molecule has 1 amide bonds. The third kappa shape index (κ3) is 3.47. The van der Waals surface area contributed by atoms with Gasteiger partial charge in [-0.1, -0.05) is 0 Å². The van der Waals surface area contributed by atoms with Gasteiger partial charge in [0.2, 0.25) is 5.91 Å². The van der Waals surface area contributed by atoms with Gasteiger partial charge in [0.1, 0.15) is 5.82 Å². The minimum atomic E-state index is -1.29. The topological polar surface area (TPSA) is 40.5 Å². The van der Waals surface area contributed by atoms with Crippen molar-refractivity contribution in [3.05, 3.63) is 35.1 Å². The Kier molecular flexibility index (Phi) is 4.57. The van der Waals surface area contributed by atoms with Crippen LogP contribution in [-0.2, 0) is 11.3 Å². The van der Waals surface area contributed by atoms with Crippen molar-refractivity contribution < 1.29 is 23.1 Å². The number of aliphatic hydroxyl groups is 1. The maximum atomic E-state index is 13.5. The molecule has 106 valence electrons. The molecule has 6 heteroatoms. The van der Waals surface area contributed by atoms with E-state index in [9.17, 15) is 18.0 Å². The number of hydrogen-bond acceptors (Lipinski definition) is 2.